The number of amides is 1. The molecule has 4 nitrogen and oxygen atoms in total. The molecule has 0 aliphatic heterocycles. The van der Waals surface area contributed by atoms with Crippen LogP contribution in [0.1, 0.15) is 29.2 Å². The number of carbonyl (C=O) groups excluding carboxylic acids is 1. The number of thiophene rings is 1. The minimum atomic E-state index is 0.0209. The molecule has 0 spiro atoms. The van der Waals surface area contributed by atoms with Crippen molar-refractivity contribution in [3.05, 3.63) is 40.3 Å². The summed E-state index contributed by atoms with van der Waals surface area (Å²) in [7, 11) is 1.85. The smallest absolute Gasteiger partial charge is 0.270 e. The maximum atomic E-state index is 12.6. The number of hydrogen-bond donors (Lipinski definition) is 1. The van der Waals surface area contributed by atoms with Gasteiger partial charge in [0.05, 0.1) is 5.69 Å². The molecule has 2 aromatic rings. The number of carbonyl (C=O) groups is 1. The van der Waals surface area contributed by atoms with E-state index >= 15 is 0 Å². The van der Waals surface area contributed by atoms with E-state index in [9.17, 15) is 4.79 Å². The second-order valence-corrected chi connectivity index (χ2v) is 6.03. The van der Waals surface area contributed by atoms with Crippen LogP contribution in [0.4, 0.5) is 5.69 Å². The third-order valence-corrected chi connectivity index (χ3v) is 4.43. The summed E-state index contributed by atoms with van der Waals surface area (Å²) >= 11 is 1.72. The number of likely N-dealkylation sites (N-methyl/N-ethyl adjacent to an activating group) is 1. The summed E-state index contributed by atoms with van der Waals surface area (Å²) in [5.74, 6) is 0.0209. The molecule has 0 saturated carbocycles. The highest BCUT2D eigenvalue weighted by atomic mass is 32.1. The fourth-order valence-corrected chi connectivity index (χ4v) is 3.04. The molecule has 5 heteroatoms. The standard InChI is InChI=1S/C15H21N3OS/c1-4-18-10-12(16)9-14(18)15(19)17(3)11(2)8-13-6-5-7-20-13/h5-7,9-11H,4,8,16H2,1-3H3. The van der Waals surface area contributed by atoms with Crippen molar-refractivity contribution in [1.82, 2.24) is 9.47 Å². The van der Waals surface area contributed by atoms with E-state index in [1.807, 2.05) is 30.8 Å². The van der Waals surface area contributed by atoms with E-state index in [2.05, 4.69) is 18.4 Å². The molecular formula is C15H21N3OS. The molecule has 0 bridgehead atoms. The van der Waals surface area contributed by atoms with E-state index in [1.54, 1.807) is 22.3 Å². The van der Waals surface area contributed by atoms with Gasteiger partial charge in [0, 0.05) is 37.1 Å². The normalized spacial score (nSPS) is 12.3. The molecule has 0 aliphatic rings. The first kappa shape index (κ1) is 14.7. The third-order valence-electron chi connectivity index (χ3n) is 3.54. The highest BCUT2D eigenvalue weighted by Gasteiger charge is 2.21. The van der Waals surface area contributed by atoms with E-state index in [-0.39, 0.29) is 11.9 Å². The van der Waals surface area contributed by atoms with Gasteiger partial charge in [-0.2, -0.15) is 0 Å². The minimum absolute atomic E-state index is 0.0209. The quantitative estimate of drug-likeness (QED) is 0.921. The van der Waals surface area contributed by atoms with Crippen molar-refractivity contribution < 1.29 is 4.79 Å². The molecule has 1 atom stereocenters. The van der Waals surface area contributed by atoms with Crippen molar-refractivity contribution in [2.45, 2.75) is 32.9 Å². The van der Waals surface area contributed by atoms with E-state index in [0.29, 0.717) is 11.4 Å². The van der Waals surface area contributed by atoms with Crippen molar-refractivity contribution in [3.63, 3.8) is 0 Å². The fraction of sp³-hybridized carbons (Fsp3) is 0.400. The predicted molar refractivity (Wildman–Crippen MR) is 84.1 cm³/mol. The van der Waals surface area contributed by atoms with Crippen molar-refractivity contribution in [1.29, 1.82) is 0 Å². The molecule has 2 N–H and O–H groups in total. The van der Waals surface area contributed by atoms with Crippen molar-refractivity contribution in [3.8, 4) is 0 Å². The molecule has 2 heterocycles. The zero-order valence-electron chi connectivity index (χ0n) is 12.2. The summed E-state index contributed by atoms with van der Waals surface area (Å²) in [6, 6.07) is 6.05. The van der Waals surface area contributed by atoms with Crippen LogP contribution < -0.4 is 5.73 Å². The van der Waals surface area contributed by atoms with E-state index in [0.717, 1.165) is 13.0 Å². The highest BCUT2D eigenvalue weighted by molar-refractivity contribution is 7.09. The van der Waals surface area contributed by atoms with Gasteiger partial charge in [-0.1, -0.05) is 6.07 Å². The Balaban J connectivity index is 2.11. The number of aromatic nitrogens is 1. The first-order valence-electron chi connectivity index (χ1n) is 6.78. The van der Waals surface area contributed by atoms with Crippen LogP contribution in [0, 0.1) is 0 Å². The van der Waals surface area contributed by atoms with E-state index < -0.39 is 0 Å². The van der Waals surface area contributed by atoms with Gasteiger partial charge in [0.1, 0.15) is 5.69 Å². The van der Waals surface area contributed by atoms with Crippen LogP contribution in [-0.4, -0.2) is 28.5 Å². The van der Waals surface area contributed by atoms with Gasteiger partial charge in [0.2, 0.25) is 0 Å². The number of aryl methyl sites for hydroxylation is 1. The minimum Gasteiger partial charge on any atom is -0.397 e. The Bertz CT molecular complexity index is 574. The van der Waals surface area contributed by atoms with Crippen LogP contribution in [-0.2, 0) is 13.0 Å². The molecule has 1 unspecified atom stereocenters. The fourth-order valence-electron chi connectivity index (χ4n) is 2.21. The Morgan fingerprint density at radius 3 is 2.90 bits per heavy atom. The molecule has 108 valence electrons. The summed E-state index contributed by atoms with van der Waals surface area (Å²) in [6.45, 7) is 4.82. The number of hydrogen-bond acceptors (Lipinski definition) is 3. The van der Waals surface area contributed by atoms with Gasteiger partial charge in [0.25, 0.3) is 5.91 Å². The van der Waals surface area contributed by atoms with Crippen molar-refractivity contribution >= 4 is 22.9 Å². The van der Waals surface area contributed by atoms with Gasteiger partial charge in [0.15, 0.2) is 0 Å². The number of nitrogens with two attached hydrogens (primary N) is 1. The zero-order valence-corrected chi connectivity index (χ0v) is 13.0. The van der Waals surface area contributed by atoms with Gasteiger partial charge in [-0.25, -0.2) is 0 Å². The lowest BCUT2D eigenvalue weighted by Crippen LogP contribution is -2.37. The predicted octanol–water partition coefficient (Wildman–Crippen LogP) is 2.85. The van der Waals surface area contributed by atoms with Crippen LogP contribution in [0.3, 0.4) is 0 Å². The van der Waals surface area contributed by atoms with Crippen molar-refractivity contribution in [2.75, 3.05) is 12.8 Å². The summed E-state index contributed by atoms with van der Waals surface area (Å²) in [5, 5.41) is 2.06. The molecule has 0 saturated heterocycles. The third kappa shape index (κ3) is 3.04. The van der Waals surface area contributed by atoms with Gasteiger partial charge in [-0.15, -0.1) is 11.3 Å². The average Bonchev–Trinajstić information content (AvgIpc) is 3.06. The first-order valence-corrected chi connectivity index (χ1v) is 7.66. The summed E-state index contributed by atoms with van der Waals surface area (Å²) < 4.78 is 1.89. The zero-order chi connectivity index (χ0) is 14.7. The van der Waals surface area contributed by atoms with Crippen LogP contribution in [0.25, 0.3) is 0 Å². The Morgan fingerprint density at radius 1 is 1.55 bits per heavy atom. The molecule has 2 rings (SSSR count). The number of rotatable bonds is 5. The first-order chi connectivity index (χ1) is 9.52. The van der Waals surface area contributed by atoms with Gasteiger partial charge < -0.3 is 15.2 Å². The van der Waals surface area contributed by atoms with Crippen molar-refractivity contribution in [2.24, 2.45) is 0 Å². The van der Waals surface area contributed by atoms with Gasteiger partial charge in [-0.05, 0) is 31.4 Å². The van der Waals surface area contributed by atoms with Crippen LogP contribution >= 0.6 is 11.3 Å². The monoisotopic (exact) mass is 291 g/mol. The molecule has 20 heavy (non-hydrogen) atoms. The summed E-state index contributed by atoms with van der Waals surface area (Å²) in [5.41, 5.74) is 7.08. The molecule has 2 aromatic heterocycles. The van der Waals surface area contributed by atoms with Gasteiger partial charge >= 0.3 is 0 Å². The SMILES string of the molecule is CCn1cc(N)cc1C(=O)N(C)C(C)Cc1cccs1. The second-order valence-electron chi connectivity index (χ2n) is 4.99. The van der Waals surface area contributed by atoms with E-state index in [1.165, 1.54) is 4.88 Å². The maximum absolute atomic E-state index is 12.6. The maximum Gasteiger partial charge on any atom is 0.270 e. The summed E-state index contributed by atoms with van der Waals surface area (Å²) in [6.07, 6.45) is 2.69. The number of nitrogen functional groups attached to an aromatic ring is 1. The number of nitrogens with zero attached hydrogens (tertiary/aromatic N) is 2. The van der Waals surface area contributed by atoms with E-state index in [4.69, 9.17) is 5.73 Å². The topological polar surface area (TPSA) is 51.3 Å². The molecule has 0 fully saturated rings. The average molecular weight is 291 g/mol. The van der Waals surface area contributed by atoms with Crippen LogP contribution in [0.2, 0.25) is 0 Å². The lowest BCUT2D eigenvalue weighted by atomic mass is 10.1. The summed E-state index contributed by atoms with van der Waals surface area (Å²) in [4.78, 5) is 15.6. The lowest BCUT2D eigenvalue weighted by molar-refractivity contribution is 0.0733. The molecule has 0 aromatic carbocycles. The second kappa shape index (κ2) is 6.13. The van der Waals surface area contributed by atoms with Gasteiger partial charge in [-0.3, -0.25) is 4.79 Å². The lowest BCUT2D eigenvalue weighted by Gasteiger charge is -2.25. The highest BCUT2D eigenvalue weighted by Crippen LogP contribution is 2.17. The van der Waals surface area contributed by atoms with Crippen LogP contribution in [0.15, 0.2) is 29.8 Å². The molecule has 1 amide bonds. The molecule has 0 aliphatic carbocycles. The molecule has 0 radical (unpaired) electrons. The molecular weight excluding hydrogens is 270 g/mol. The Kier molecular flexibility index (Phi) is 4.49. The Hall–Kier alpha value is -1.75. The largest absolute Gasteiger partial charge is 0.397 e. The van der Waals surface area contributed by atoms with Crippen LogP contribution in [0.5, 0.6) is 0 Å². The number of anilines is 1. The Labute approximate surface area is 123 Å². The Morgan fingerprint density at radius 2 is 2.30 bits per heavy atom.